The van der Waals surface area contributed by atoms with E-state index in [0.29, 0.717) is 11.8 Å². The summed E-state index contributed by atoms with van der Waals surface area (Å²) in [6.07, 6.45) is 3.48. The highest BCUT2D eigenvalue weighted by molar-refractivity contribution is 5.45. The molecule has 1 aliphatic rings. The van der Waals surface area contributed by atoms with E-state index >= 15 is 0 Å². The summed E-state index contributed by atoms with van der Waals surface area (Å²) in [7, 11) is 0. The molecule has 0 spiro atoms. The molecule has 3 aromatic heterocycles. The fraction of sp³-hybridized carbons (Fsp3) is 0.462. The first-order valence-electron chi connectivity index (χ1n) is 7.03. The first-order valence-corrected chi connectivity index (χ1v) is 7.03. The molecule has 8 nitrogen and oxygen atoms in total. The van der Waals surface area contributed by atoms with E-state index in [-0.39, 0.29) is 0 Å². The Labute approximate surface area is 121 Å². The molecule has 0 aromatic carbocycles. The number of hydrogen-bond donors (Lipinski definition) is 1. The minimum atomic E-state index is 0.299. The predicted octanol–water partition coefficient (Wildman–Crippen LogP) is 0.760. The van der Waals surface area contributed by atoms with Gasteiger partial charge in [0.05, 0.1) is 6.54 Å². The van der Waals surface area contributed by atoms with Crippen molar-refractivity contribution in [3.8, 4) is 0 Å². The average molecular weight is 284 g/mol. The zero-order valence-electron chi connectivity index (χ0n) is 12.0. The number of nitrogens with one attached hydrogen (secondary N) is 1. The topological polar surface area (TPSA) is 85.8 Å². The summed E-state index contributed by atoms with van der Waals surface area (Å²) in [4.78, 5) is 12.9. The van der Waals surface area contributed by atoms with Crippen molar-refractivity contribution < 1.29 is 0 Å². The lowest BCUT2D eigenvalue weighted by Gasteiger charge is -2.24. The summed E-state index contributed by atoms with van der Waals surface area (Å²) in [6.45, 7) is 4.70. The molecule has 4 heterocycles. The van der Waals surface area contributed by atoms with Gasteiger partial charge in [-0.3, -0.25) is 0 Å². The van der Waals surface area contributed by atoms with Gasteiger partial charge in [-0.2, -0.15) is 19.7 Å². The van der Waals surface area contributed by atoms with Crippen molar-refractivity contribution >= 4 is 11.6 Å². The molecular formula is C13H16N8. The fourth-order valence-corrected chi connectivity index (χ4v) is 2.79. The van der Waals surface area contributed by atoms with Gasteiger partial charge in [-0.1, -0.05) is 0 Å². The van der Waals surface area contributed by atoms with Gasteiger partial charge >= 0.3 is 0 Å². The zero-order chi connectivity index (χ0) is 14.4. The average Bonchev–Trinajstić information content (AvgIpc) is 3.03. The number of aryl methyl sites for hydroxylation is 3. The lowest BCUT2D eigenvalue weighted by Crippen LogP contribution is -2.32. The minimum absolute atomic E-state index is 0.299. The van der Waals surface area contributed by atoms with Crippen LogP contribution in [0.25, 0.3) is 5.78 Å². The molecule has 4 rings (SSSR count). The van der Waals surface area contributed by atoms with Gasteiger partial charge in [-0.25, -0.2) is 14.6 Å². The third-order valence-corrected chi connectivity index (χ3v) is 3.70. The molecule has 0 saturated heterocycles. The van der Waals surface area contributed by atoms with E-state index in [2.05, 4.69) is 30.5 Å². The monoisotopic (exact) mass is 284 g/mol. The molecule has 0 unspecified atom stereocenters. The molecule has 0 amide bonds. The quantitative estimate of drug-likeness (QED) is 0.747. The van der Waals surface area contributed by atoms with Crippen LogP contribution in [0.4, 0.5) is 5.82 Å². The summed E-state index contributed by atoms with van der Waals surface area (Å²) >= 11 is 0. The first kappa shape index (κ1) is 12.2. The molecule has 3 aromatic rings. The second-order valence-corrected chi connectivity index (χ2v) is 5.39. The molecule has 1 aliphatic heterocycles. The summed E-state index contributed by atoms with van der Waals surface area (Å²) in [5.74, 6) is 3.44. The molecule has 21 heavy (non-hydrogen) atoms. The van der Waals surface area contributed by atoms with Crippen LogP contribution in [-0.4, -0.2) is 40.4 Å². The van der Waals surface area contributed by atoms with E-state index < -0.39 is 0 Å². The molecule has 1 atom stereocenters. The number of hydrogen-bond acceptors (Lipinski definition) is 6. The van der Waals surface area contributed by atoms with Gasteiger partial charge in [0.2, 0.25) is 0 Å². The van der Waals surface area contributed by atoms with Crippen molar-refractivity contribution in [2.75, 3.05) is 5.32 Å². The largest absolute Gasteiger partial charge is 0.365 e. The predicted molar refractivity (Wildman–Crippen MR) is 76.0 cm³/mol. The molecule has 8 heteroatoms. The van der Waals surface area contributed by atoms with Gasteiger partial charge < -0.3 is 5.32 Å². The number of nitrogens with zero attached hydrogens (tertiary/aromatic N) is 7. The van der Waals surface area contributed by atoms with Gasteiger partial charge in [0.15, 0.2) is 0 Å². The van der Waals surface area contributed by atoms with Crippen molar-refractivity contribution in [2.24, 2.45) is 0 Å². The molecule has 0 saturated carbocycles. The SMILES string of the molecule is Cc1cc(N[C@H]2CCc3nc(C)nn3C2)n2ncnc2n1. The Balaban J connectivity index is 1.62. The summed E-state index contributed by atoms with van der Waals surface area (Å²) < 4.78 is 3.72. The Morgan fingerprint density at radius 1 is 1.29 bits per heavy atom. The molecule has 0 radical (unpaired) electrons. The number of rotatable bonds is 2. The molecular weight excluding hydrogens is 268 g/mol. The van der Waals surface area contributed by atoms with E-state index in [9.17, 15) is 0 Å². The fourth-order valence-electron chi connectivity index (χ4n) is 2.79. The van der Waals surface area contributed by atoms with Crippen molar-refractivity contribution in [1.82, 2.24) is 34.3 Å². The lowest BCUT2D eigenvalue weighted by atomic mass is 10.1. The Kier molecular flexibility index (Phi) is 2.63. The molecule has 1 N–H and O–H groups in total. The Hall–Kier alpha value is -2.51. The van der Waals surface area contributed by atoms with Crippen LogP contribution in [0.3, 0.4) is 0 Å². The highest BCUT2D eigenvalue weighted by atomic mass is 15.4. The van der Waals surface area contributed by atoms with E-state index in [1.165, 1.54) is 6.33 Å². The number of fused-ring (bicyclic) bond motifs is 2. The smallest absolute Gasteiger partial charge is 0.254 e. The van der Waals surface area contributed by atoms with Gasteiger partial charge in [-0.15, -0.1) is 0 Å². The zero-order valence-corrected chi connectivity index (χ0v) is 12.0. The summed E-state index contributed by atoms with van der Waals surface area (Å²) in [5.41, 5.74) is 0.922. The van der Waals surface area contributed by atoms with E-state index in [0.717, 1.165) is 42.5 Å². The van der Waals surface area contributed by atoms with Crippen LogP contribution < -0.4 is 5.32 Å². The Morgan fingerprint density at radius 3 is 3.10 bits per heavy atom. The van der Waals surface area contributed by atoms with E-state index in [1.807, 2.05) is 24.6 Å². The third kappa shape index (κ3) is 2.12. The second-order valence-electron chi connectivity index (χ2n) is 5.39. The Bertz CT molecular complexity index is 802. The van der Waals surface area contributed by atoms with Crippen molar-refractivity contribution in [3.05, 3.63) is 29.7 Å². The van der Waals surface area contributed by atoms with Crippen LogP contribution in [0.15, 0.2) is 12.4 Å². The summed E-state index contributed by atoms with van der Waals surface area (Å²) in [6, 6.07) is 2.29. The maximum atomic E-state index is 4.43. The highest BCUT2D eigenvalue weighted by Crippen LogP contribution is 2.18. The normalized spacial score (nSPS) is 17.9. The van der Waals surface area contributed by atoms with Crippen LogP contribution in [0, 0.1) is 13.8 Å². The van der Waals surface area contributed by atoms with E-state index in [1.54, 1.807) is 4.52 Å². The van der Waals surface area contributed by atoms with Crippen molar-refractivity contribution in [2.45, 2.75) is 39.3 Å². The van der Waals surface area contributed by atoms with Crippen molar-refractivity contribution in [1.29, 1.82) is 0 Å². The Morgan fingerprint density at radius 2 is 2.19 bits per heavy atom. The van der Waals surface area contributed by atoms with Gasteiger partial charge in [0.1, 0.15) is 23.8 Å². The van der Waals surface area contributed by atoms with E-state index in [4.69, 9.17) is 0 Å². The van der Waals surface area contributed by atoms with Crippen molar-refractivity contribution in [3.63, 3.8) is 0 Å². The van der Waals surface area contributed by atoms with Gasteiger partial charge in [0, 0.05) is 24.2 Å². The van der Waals surface area contributed by atoms with Crippen LogP contribution in [-0.2, 0) is 13.0 Å². The lowest BCUT2D eigenvalue weighted by molar-refractivity contribution is 0.439. The summed E-state index contributed by atoms with van der Waals surface area (Å²) in [5, 5.41) is 12.2. The first-order chi connectivity index (χ1) is 10.2. The van der Waals surface area contributed by atoms with Crippen LogP contribution in [0.1, 0.15) is 23.8 Å². The maximum absolute atomic E-state index is 4.43. The minimum Gasteiger partial charge on any atom is -0.365 e. The highest BCUT2D eigenvalue weighted by Gasteiger charge is 2.21. The van der Waals surface area contributed by atoms with Gasteiger partial charge in [0.25, 0.3) is 5.78 Å². The third-order valence-electron chi connectivity index (χ3n) is 3.70. The second kappa shape index (κ2) is 4.51. The molecule has 0 aliphatic carbocycles. The number of anilines is 1. The van der Waals surface area contributed by atoms with Crippen LogP contribution >= 0.6 is 0 Å². The molecule has 108 valence electrons. The maximum Gasteiger partial charge on any atom is 0.254 e. The van der Waals surface area contributed by atoms with Crippen LogP contribution in [0.2, 0.25) is 0 Å². The van der Waals surface area contributed by atoms with Crippen LogP contribution in [0.5, 0.6) is 0 Å². The number of aromatic nitrogens is 7. The standard InChI is InChI=1S/C13H16N8/c1-8-5-12(21-13(16-8)14-7-15-21)18-10-3-4-11-17-9(2)19-20(11)6-10/h5,7,10,18H,3-4,6H2,1-2H3/t10-/m0/s1. The molecule has 0 bridgehead atoms. The van der Waals surface area contributed by atoms with Gasteiger partial charge in [-0.05, 0) is 20.3 Å². The molecule has 0 fully saturated rings.